The van der Waals surface area contributed by atoms with E-state index < -0.39 is 0 Å². The van der Waals surface area contributed by atoms with Crippen LogP contribution >= 0.6 is 0 Å². The summed E-state index contributed by atoms with van der Waals surface area (Å²) in [6.07, 6.45) is 0. The third kappa shape index (κ3) is 17.9. The van der Waals surface area contributed by atoms with Crippen molar-refractivity contribution < 1.29 is 67.9 Å². The van der Waals surface area contributed by atoms with Gasteiger partial charge in [-0.2, -0.15) is 6.92 Å². The molecule has 0 aromatic heterocycles. The zero-order valence-electron chi connectivity index (χ0n) is 5.63. The van der Waals surface area contributed by atoms with Gasteiger partial charge in [0.15, 0.2) is 0 Å². The van der Waals surface area contributed by atoms with Crippen LogP contribution in [0, 0.1) is 5.73 Å². The molecule has 0 amide bonds. The number of ether oxygens (including phenoxy) is 1. The molecule has 0 rings (SSSR count). The summed E-state index contributed by atoms with van der Waals surface area (Å²) >= 11 is 0. The van der Waals surface area contributed by atoms with Crippen molar-refractivity contribution in [3.63, 3.8) is 0 Å². The Kier molecular flexibility index (Phi) is 41.7. The molecule has 1 nitrogen and oxygen atoms in total. The zero-order chi connectivity index (χ0) is 4.99. The molecule has 0 spiro atoms. The summed E-state index contributed by atoms with van der Waals surface area (Å²) in [6, 6.07) is 0. The molecule has 0 aromatic carbocycles. The van der Waals surface area contributed by atoms with Gasteiger partial charge in [-0.1, -0.05) is 0 Å². The quantitative estimate of drug-likeness (QED) is 0.319. The maximum absolute atomic E-state index is 4.83. The molecule has 2 radical (unpaired) electrons. The van der Waals surface area contributed by atoms with Crippen LogP contribution in [0.25, 0.3) is 0 Å². The van der Waals surface area contributed by atoms with Crippen molar-refractivity contribution in [3.8, 4) is 0 Å². The van der Waals surface area contributed by atoms with Gasteiger partial charge in [-0.3, -0.25) is 0 Å². The maximum atomic E-state index is 4.83. The average Bonchev–Trinajstić information content (AvgIpc) is 1.65. The zero-order valence-corrected chi connectivity index (χ0v) is 15.4. The molecule has 0 saturated heterocycles. The summed E-state index contributed by atoms with van der Waals surface area (Å²) in [6.45, 7) is 4.08. The summed E-state index contributed by atoms with van der Waals surface area (Å²) in [5.41, 5.74) is 1.12. The molecular weight excluding hydrogens is 644 g/mol. The van der Waals surface area contributed by atoms with E-state index in [9.17, 15) is 0 Å². The topological polar surface area (TPSA) is 9.23 Å². The molecule has 0 aromatic rings. The minimum Gasteiger partial charge on any atom is -0.554 e. The van der Waals surface area contributed by atoms with E-state index in [0.717, 1.165) is 15.2 Å². The van der Waals surface area contributed by atoms with Crippen LogP contribution in [0.15, 0.2) is 0 Å². The van der Waals surface area contributed by atoms with Crippen LogP contribution < -0.4 is 0 Å². The molecule has 0 unspecified atom stereocenters. The van der Waals surface area contributed by atoms with Gasteiger partial charge in [-0.25, -0.2) is 5.73 Å². The van der Waals surface area contributed by atoms with Crippen LogP contribution in [0.2, 0.25) is 6.55 Å². The monoisotopic (exact) mass is 653 g/mol. The van der Waals surface area contributed by atoms with E-state index >= 15 is 0 Å². The smallest absolute Gasteiger partial charge is 0 e. The van der Waals surface area contributed by atoms with Crippen LogP contribution in [0.1, 0.15) is 6.92 Å². The first-order valence-electron chi connectivity index (χ1n) is 1.86. The molecule has 9 heavy (non-hydrogen) atoms. The molecule has 0 N–H and O–H groups in total. The molecule has 0 saturated carbocycles. The maximum Gasteiger partial charge on any atom is 0 e. The molecule has 0 aliphatic carbocycles. The van der Waals surface area contributed by atoms with E-state index in [1.165, 1.54) is 0 Å². The standard InChI is InChI=1S/C4H9OSi.3W/c1-4(5-2)6-3;;;/h1-3H3;;;/q-1;;;. The molecule has 0 heterocycles. The van der Waals surface area contributed by atoms with Gasteiger partial charge < -0.3 is 4.74 Å². The Bertz CT molecular complexity index is 35.0. The summed E-state index contributed by atoms with van der Waals surface area (Å²) in [5, 5.41) is 0. The first-order chi connectivity index (χ1) is 2.81. The summed E-state index contributed by atoms with van der Waals surface area (Å²) in [7, 11) is 2.53. The molecule has 54 valence electrons. The number of rotatable bonds is 2. The Morgan fingerprint density at radius 3 is 1.56 bits per heavy atom. The normalized spacial score (nSPS) is 6.67. The van der Waals surface area contributed by atoms with E-state index in [4.69, 9.17) is 4.74 Å². The van der Waals surface area contributed by atoms with Crippen LogP contribution in [-0.2, 0) is 67.9 Å². The Hall–Kier alpha value is 2.24. The van der Waals surface area contributed by atoms with Crippen LogP contribution in [0.4, 0.5) is 0 Å². The second kappa shape index (κ2) is 16.7. The minimum absolute atomic E-state index is 0. The van der Waals surface area contributed by atoms with Gasteiger partial charge in [0.1, 0.15) is 0 Å². The summed E-state index contributed by atoms with van der Waals surface area (Å²) in [4.78, 5) is 0. The fourth-order valence-corrected chi connectivity index (χ4v) is 0.306. The van der Waals surface area contributed by atoms with E-state index in [-0.39, 0.29) is 63.2 Å². The molecule has 0 atom stereocenters. The predicted molar refractivity (Wildman–Crippen MR) is 27.5 cm³/mol. The molecule has 0 fully saturated rings. The van der Waals surface area contributed by atoms with Crippen LogP contribution in [0.5, 0.6) is 0 Å². The molecule has 0 aliphatic heterocycles. The summed E-state index contributed by atoms with van der Waals surface area (Å²) < 4.78 is 4.83. The van der Waals surface area contributed by atoms with E-state index in [2.05, 4.69) is 6.55 Å². The average molecular weight is 653 g/mol. The van der Waals surface area contributed by atoms with Gasteiger partial charge in [0.05, 0.1) is 0 Å². The van der Waals surface area contributed by atoms with E-state index in [1.807, 2.05) is 6.92 Å². The van der Waals surface area contributed by atoms with E-state index in [1.54, 1.807) is 7.11 Å². The van der Waals surface area contributed by atoms with Gasteiger partial charge in [-0.05, 0) is 7.11 Å². The molecular formula is C4H9OSiW3-. The van der Waals surface area contributed by atoms with Crippen molar-refractivity contribution in [2.24, 2.45) is 0 Å². The van der Waals surface area contributed by atoms with Crippen molar-refractivity contribution >= 4 is 9.52 Å². The van der Waals surface area contributed by atoms with Gasteiger partial charge in [0, 0.05) is 63.2 Å². The Morgan fingerprint density at radius 2 is 1.56 bits per heavy atom. The van der Waals surface area contributed by atoms with Crippen molar-refractivity contribution in [1.29, 1.82) is 0 Å². The first-order valence-corrected chi connectivity index (χ1v) is 3.36. The number of hydrogen-bond donors (Lipinski definition) is 0. The van der Waals surface area contributed by atoms with Gasteiger partial charge in [0.25, 0.3) is 0 Å². The predicted octanol–water partition coefficient (Wildman–Crippen LogP) is 0.887. The van der Waals surface area contributed by atoms with Gasteiger partial charge in [-0.15, -0.1) is 16.1 Å². The van der Waals surface area contributed by atoms with Gasteiger partial charge >= 0.3 is 0 Å². The second-order valence-corrected chi connectivity index (χ2v) is 2.21. The fourth-order valence-electron chi connectivity index (χ4n) is 0.102. The van der Waals surface area contributed by atoms with Crippen molar-refractivity contribution in [1.82, 2.24) is 0 Å². The van der Waals surface area contributed by atoms with Crippen molar-refractivity contribution in [2.75, 3.05) is 7.11 Å². The summed E-state index contributed by atoms with van der Waals surface area (Å²) in [5.74, 6) is 0. The fraction of sp³-hybridized carbons (Fsp3) is 0.750. The second-order valence-electron chi connectivity index (χ2n) is 1.01. The third-order valence-corrected chi connectivity index (χ3v) is 1.57. The molecule has 0 aliphatic rings. The number of hydrogen-bond acceptors (Lipinski definition) is 1. The Labute approximate surface area is 103 Å². The number of methoxy groups -OCH3 is 1. The largest absolute Gasteiger partial charge is 0.554 e. The first kappa shape index (κ1) is 22.5. The van der Waals surface area contributed by atoms with Gasteiger partial charge in [0.2, 0.25) is 0 Å². The van der Waals surface area contributed by atoms with Crippen molar-refractivity contribution in [3.05, 3.63) is 5.73 Å². The molecule has 5 heteroatoms. The van der Waals surface area contributed by atoms with Crippen LogP contribution in [0.3, 0.4) is 0 Å². The van der Waals surface area contributed by atoms with Crippen LogP contribution in [-0.4, -0.2) is 16.6 Å². The Balaban J connectivity index is -0.0000000417. The Morgan fingerprint density at radius 1 is 1.22 bits per heavy atom. The third-order valence-electron chi connectivity index (χ3n) is 0.658. The van der Waals surface area contributed by atoms with Crippen molar-refractivity contribution in [2.45, 2.75) is 13.5 Å². The SMILES string of the molecule is CO[C-](C)[Si]C.[W].[W].[W]. The van der Waals surface area contributed by atoms with E-state index in [0.29, 0.717) is 0 Å². The molecule has 0 bridgehead atoms. The minimum atomic E-state index is 0.